The average molecular weight is 348 g/mol. The first-order chi connectivity index (χ1) is 12.2. The Hall–Kier alpha value is -1.40. The smallest absolute Gasteiger partial charge is 0.248 e. The van der Waals surface area contributed by atoms with Gasteiger partial charge in [0.1, 0.15) is 6.61 Å². The molecular formula is C19H32N4O2. The molecule has 0 saturated heterocycles. The minimum absolute atomic E-state index is 0.117. The third-order valence-electron chi connectivity index (χ3n) is 5.58. The molecule has 6 heteroatoms. The van der Waals surface area contributed by atoms with Crippen molar-refractivity contribution >= 4 is 5.91 Å². The molecule has 2 aliphatic rings. The summed E-state index contributed by atoms with van der Waals surface area (Å²) < 4.78 is 7.93. The second kappa shape index (κ2) is 8.81. The van der Waals surface area contributed by atoms with Crippen LogP contribution >= 0.6 is 0 Å². The highest BCUT2D eigenvalue weighted by Gasteiger charge is 2.27. The number of nitrogens with zero attached hydrogens (tertiary/aromatic N) is 4. The summed E-state index contributed by atoms with van der Waals surface area (Å²) in [6.07, 6.45) is 6.79. The van der Waals surface area contributed by atoms with E-state index in [0.29, 0.717) is 12.5 Å². The van der Waals surface area contributed by atoms with Crippen molar-refractivity contribution in [1.29, 1.82) is 0 Å². The molecule has 1 atom stereocenters. The fraction of sp³-hybridized carbons (Fsp3) is 0.789. The van der Waals surface area contributed by atoms with Crippen molar-refractivity contribution in [2.24, 2.45) is 5.92 Å². The van der Waals surface area contributed by atoms with Crippen LogP contribution in [0.5, 0.6) is 0 Å². The van der Waals surface area contributed by atoms with Crippen molar-refractivity contribution in [3.05, 3.63) is 18.0 Å². The molecule has 0 spiro atoms. The third-order valence-corrected chi connectivity index (χ3v) is 5.58. The van der Waals surface area contributed by atoms with Crippen molar-refractivity contribution < 1.29 is 9.53 Å². The lowest BCUT2D eigenvalue weighted by Crippen LogP contribution is -2.40. The van der Waals surface area contributed by atoms with Crippen LogP contribution in [0.2, 0.25) is 0 Å². The second-order valence-corrected chi connectivity index (χ2v) is 7.35. The Labute approximate surface area is 151 Å². The van der Waals surface area contributed by atoms with Gasteiger partial charge in [-0.15, -0.1) is 0 Å². The largest absolute Gasteiger partial charge is 0.368 e. The number of amides is 1. The van der Waals surface area contributed by atoms with Gasteiger partial charge in [0, 0.05) is 31.7 Å². The fourth-order valence-corrected chi connectivity index (χ4v) is 4.02. The molecule has 1 aromatic heterocycles. The monoisotopic (exact) mass is 348 g/mol. The van der Waals surface area contributed by atoms with E-state index < -0.39 is 0 Å². The summed E-state index contributed by atoms with van der Waals surface area (Å²) in [5.74, 6) is 0.516. The Bertz CT molecular complexity index is 549. The van der Waals surface area contributed by atoms with Crippen LogP contribution < -0.4 is 0 Å². The first kappa shape index (κ1) is 18.4. The maximum atomic E-state index is 12.8. The number of hydrogen-bond acceptors (Lipinski definition) is 4. The first-order valence-electron chi connectivity index (χ1n) is 9.82. The molecule has 6 nitrogen and oxygen atoms in total. The zero-order valence-electron chi connectivity index (χ0n) is 15.7. The van der Waals surface area contributed by atoms with Gasteiger partial charge in [0.15, 0.2) is 0 Å². The molecule has 2 heterocycles. The lowest BCUT2D eigenvalue weighted by Gasteiger charge is -2.28. The maximum Gasteiger partial charge on any atom is 0.248 e. The number of ether oxygens (including phenoxy) is 1. The summed E-state index contributed by atoms with van der Waals surface area (Å²) in [5.41, 5.74) is 1.12. The van der Waals surface area contributed by atoms with Gasteiger partial charge in [-0.1, -0.05) is 26.7 Å². The van der Waals surface area contributed by atoms with Crippen molar-refractivity contribution in [3.63, 3.8) is 0 Å². The van der Waals surface area contributed by atoms with Crippen LogP contribution in [0.3, 0.4) is 0 Å². The summed E-state index contributed by atoms with van der Waals surface area (Å²) in [7, 11) is 0. The predicted molar refractivity (Wildman–Crippen MR) is 97.1 cm³/mol. The van der Waals surface area contributed by atoms with Gasteiger partial charge in [0.05, 0.1) is 18.3 Å². The SMILES string of the molecule is CCN(CC)C[C@@H]1CN(C(=O)COC2CCCC2)Cc2ccnn2C1. The normalized spacial score (nSPS) is 21.6. The zero-order valence-corrected chi connectivity index (χ0v) is 15.7. The van der Waals surface area contributed by atoms with Gasteiger partial charge in [-0.05, 0) is 32.0 Å². The van der Waals surface area contributed by atoms with Gasteiger partial charge < -0.3 is 14.5 Å². The molecule has 0 aromatic carbocycles. The van der Waals surface area contributed by atoms with Crippen LogP contribution in [-0.4, -0.2) is 64.4 Å². The van der Waals surface area contributed by atoms with Gasteiger partial charge in [0.2, 0.25) is 5.91 Å². The molecule has 0 unspecified atom stereocenters. The Kier molecular flexibility index (Phi) is 6.48. The van der Waals surface area contributed by atoms with Crippen LogP contribution in [0, 0.1) is 5.92 Å². The van der Waals surface area contributed by atoms with Crippen molar-refractivity contribution in [3.8, 4) is 0 Å². The Morgan fingerprint density at radius 2 is 2.04 bits per heavy atom. The van der Waals surface area contributed by atoms with E-state index in [-0.39, 0.29) is 18.6 Å². The number of carbonyl (C=O) groups is 1. The molecule has 25 heavy (non-hydrogen) atoms. The van der Waals surface area contributed by atoms with E-state index in [2.05, 4.69) is 28.5 Å². The van der Waals surface area contributed by atoms with Crippen LogP contribution in [0.15, 0.2) is 12.3 Å². The molecule has 0 radical (unpaired) electrons. The highest BCUT2D eigenvalue weighted by atomic mass is 16.5. The van der Waals surface area contributed by atoms with E-state index in [1.807, 2.05) is 17.2 Å². The van der Waals surface area contributed by atoms with Crippen molar-refractivity contribution in [2.45, 2.75) is 58.7 Å². The maximum absolute atomic E-state index is 12.8. The molecule has 0 N–H and O–H groups in total. The van der Waals surface area contributed by atoms with E-state index in [0.717, 1.165) is 51.3 Å². The Balaban J connectivity index is 1.63. The molecule has 1 amide bonds. The van der Waals surface area contributed by atoms with E-state index in [9.17, 15) is 4.79 Å². The zero-order chi connectivity index (χ0) is 17.6. The molecule has 1 aromatic rings. The molecule has 1 fully saturated rings. The lowest BCUT2D eigenvalue weighted by molar-refractivity contribution is -0.139. The molecule has 140 valence electrons. The number of carbonyl (C=O) groups excluding carboxylic acids is 1. The van der Waals surface area contributed by atoms with Gasteiger partial charge in [-0.2, -0.15) is 5.10 Å². The standard InChI is InChI=1S/C19H32N4O2/c1-3-21(4-2)11-16-12-22(14-17-9-10-20-23(17)13-16)19(24)15-25-18-7-5-6-8-18/h9-10,16,18H,3-8,11-15H2,1-2H3/t16-/m1/s1. The van der Waals surface area contributed by atoms with Gasteiger partial charge in [-0.25, -0.2) is 0 Å². The van der Waals surface area contributed by atoms with Crippen LogP contribution in [0.4, 0.5) is 0 Å². The molecule has 3 rings (SSSR count). The number of fused-ring (bicyclic) bond motifs is 1. The summed E-state index contributed by atoms with van der Waals surface area (Å²) in [5, 5.41) is 4.46. The summed E-state index contributed by atoms with van der Waals surface area (Å²) in [6.45, 7) is 9.99. The molecule has 1 saturated carbocycles. The first-order valence-corrected chi connectivity index (χ1v) is 9.82. The molecule has 0 bridgehead atoms. The van der Waals surface area contributed by atoms with Crippen LogP contribution in [0.1, 0.15) is 45.2 Å². The summed E-state index contributed by atoms with van der Waals surface area (Å²) >= 11 is 0. The summed E-state index contributed by atoms with van der Waals surface area (Å²) in [4.78, 5) is 17.2. The van der Waals surface area contributed by atoms with Crippen molar-refractivity contribution in [2.75, 3.05) is 32.8 Å². The average Bonchev–Trinajstić information content (AvgIpc) is 3.26. The minimum atomic E-state index is 0.117. The van der Waals surface area contributed by atoms with E-state index >= 15 is 0 Å². The van der Waals surface area contributed by atoms with E-state index in [4.69, 9.17) is 4.74 Å². The van der Waals surface area contributed by atoms with Gasteiger partial charge in [0.25, 0.3) is 0 Å². The van der Waals surface area contributed by atoms with Crippen LogP contribution in [0.25, 0.3) is 0 Å². The fourth-order valence-electron chi connectivity index (χ4n) is 4.02. The second-order valence-electron chi connectivity index (χ2n) is 7.35. The molecule has 1 aliphatic heterocycles. The van der Waals surface area contributed by atoms with Crippen molar-refractivity contribution in [1.82, 2.24) is 19.6 Å². The minimum Gasteiger partial charge on any atom is -0.368 e. The molecule has 1 aliphatic carbocycles. The van der Waals surface area contributed by atoms with E-state index in [1.54, 1.807) is 0 Å². The lowest BCUT2D eigenvalue weighted by atomic mass is 10.1. The van der Waals surface area contributed by atoms with E-state index in [1.165, 1.54) is 12.8 Å². The Morgan fingerprint density at radius 1 is 1.28 bits per heavy atom. The topological polar surface area (TPSA) is 50.6 Å². The molecular weight excluding hydrogens is 316 g/mol. The summed E-state index contributed by atoms with van der Waals surface area (Å²) in [6, 6.07) is 2.03. The number of aromatic nitrogens is 2. The predicted octanol–water partition coefficient (Wildman–Crippen LogP) is 2.14. The quantitative estimate of drug-likeness (QED) is 0.758. The van der Waals surface area contributed by atoms with Crippen LogP contribution in [-0.2, 0) is 22.6 Å². The number of rotatable bonds is 7. The highest BCUT2D eigenvalue weighted by molar-refractivity contribution is 5.77. The number of hydrogen-bond donors (Lipinski definition) is 0. The Morgan fingerprint density at radius 3 is 2.76 bits per heavy atom. The van der Waals surface area contributed by atoms with Gasteiger partial charge in [-0.3, -0.25) is 9.48 Å². The van der Waals surface area contributed by atoms with Gasteiger partial charge >= 0.3 is 0 Å². The highest BCUT2D eigenvalue weighted by Crippen LogP contribution is 2.22. The third kappa shape index (κ3) is 4.82.